The number of carboxylic acid groups (broad SMARTS) is 1. The predicted molar refractivity (Wildman–Crippen MR) is 127 cm³/mol. The lowest BCUT2D eigenvalue weighted by Gasteiger charge is -2.23. The largest absolute Gasteiger partial charge is 0.508 e. The first-order chi connectivity index (χ1) is 16.5. The Hall–Kier alpha value is -3.36. The second-order valence-electron chi connectivity index (χ2n) is 7.63. The van der Waals surface area contributed by atoms with E-state index in [4.69, 9.17) is 11.5 Å². The highest BCUT2D eigenvalue weighted by atomic mass is 32.2. The van der Waals surface area contributed by atoms with Crippen LogP contribution >= 0.6 is 11.8 Å². The third-order valence-electron chi connectivity index (χ3n) is 4.81. The predicted octanol–water partition coefficient (Wildman–Crippen LogP) is -2.58. The lowest BCUT2D eigenvalue weighted by Crippen LogP contribution is -2.58. The molecule has 14 heteroatoms. The molecule has 4 amide bonds. The summed E-state index contributed by atoms with van der Waals surface area (Å²) >= 11 is 1.38. The lowest BCUT2D eigenvalue weighted by molar-refractivity contribution is -0.142. The van der Waals surface area contributed by atoms with E-state index in [0.29, 0.717) is 11.3 Å². The lowest BCUT2D eigenvalue weighted by atomic mass is 10.0. The molecule has 35 heavy (non-hydrogen) atoms. The Labute approximate surface area is 206 Å². The normalized spacial score (nSPS) is 14.1. The van der Waals surface area contributed by atoms with Crippen LogP contribution in [0, 0.1) is 0 Å². The first-order valence-corrected chi connectivity index (χ1v) is 11.9. The van der Waals surface area contributed by atoms with E-state index in [2.05, 4.69) is 16.0 Å². The van der Waals surface area contributed by atoms with E-state index < -0.39 is 66.8 Å². The highest BCUT2D eigenvalue weighted by Gasteiger charge is 2.30. The maximum absolute atomic E-state index is 12.7. The van der Waals surface area contributed by atoms with Crippen LogP contribution < -0.4 is 27.4 Å². The van der Waals surface area contributed by atoms with Crippen molar-refractivity contribution in [2.75, 3.05) is 18.6 Å². The van der Waals surface area contributed by atoms with Crippen molar-refractivity contribution < 1.29 is 39.3 Å². The zero-order valence-corrected chi connectivity index (χ0v) is 19.9. The number of phenols is 1. The topological polar surface area (TPSA) is 234 Å². The number of amides is 4. The average molecular weight is 514 g/mol. The number of aliphatic carboxylic acids is 1. The Morgan fingerprint density at radius 3 is 2.00 bits per heavy atom. The third kappa shape index (κ3) is 10.6. The van der Waals surface area contributed by atoms with Gasteiger partial charge in [0.05, 0.1) is 19.1 Å². The van der Waals surface area contributed by atoms with E-state index in [0.717, 1.165) is 0 Å². The summed E-state index contributed by atoms with van der Waals surface area (Å²) in [5.41, 5.74) is 11.7. The Kier molecular flexibility index (Phi) is 12.6. The molecule has 4 atom stereocenters. The Morgan fingerprint density at radius 1 is 0.943 bits per heavy atom. The summed E-state index contributed by atoms with van der Waals surface area (Å²) in [5, 5.41) is 34.8. The summed E-state index contributed by atoms with van der Waals surface area (Å²) in [6.07, 6.45) is 1.33. The average Bonchev–Trinajstić information content (AvgIpc) is 2.80. The number of benzene rings is 1. The van der Waals surface area contributed by atoms with Crippen LogP contribution in [0.2, 0.25) is 0 Å². The minimum atomic E-state index is -1.54. The smallest absolute Gasteiger partial charge is 0.326 e. The number of thioether (sulfide) groups is 1. The first kappa shape index (κ1) is 29.7. The van der Waals surface area contributed by atoms with Crippen molar-refractivity contribution in [3.05, 3.63) is 29.8 Å². The maximum Gasteiger partial charge on any atom is 0.326 e. The summed E-state index contributed by atoms with van der Waals surface area (Å²) in [6.45, 7) is -0.871. The monoisotopic (exact) mass is 513 g/mol. The molecule has 0 aromatic heterocycles. The summed E-state index contributed by atoms with van der Waals surface area (Å²) in [6, 6.07) is 0.552. The SMILES string of the molecule is CSCCC(NC(=O)C(CO)NC(=O)C(CC(N)=O)NC(=O)C(N)Cc1ccc(O)cc1)C(=O)O. The summed E-state index contributed by atoms with van der Waals surface area (Å²) in [5.74, 6) is -4.46. The molecule has 1 aromatic rings. The number of rotatable bonds is 15. The number of hydrogen-bond donors (Lipinski definition) is 8. The van der Waals surface area contributed by atoms with Crippen LogP contribution in [0.4, 0.5) is 0 Å². The zero-order chi connectivity index (χ0) is 26.5. The minimum Gasteiger partial charge on any atom is -0.508 e. The van der Waals surface area contributed by atoms with E-state index in [9.17, 15) is 39.3 Å². The fourth-order valence-electron chi connectivity index (χ4n) is 2.90. The highest BCUT2D eigenvalue weighted by molar-refractivity contribution is 7.98. The van der Waals surface area contributed by atoms with Crippen molar-refractivity contribution in [3.63, 3.8) is 0 Å². The molecule has 0 saturated heterocycles. The van der Waals surface area contributed by atoms with Crippen LogP contribution in [0.5, 0.6) is 5.75 Å². The number of aliphatic hydroxyl groups excluding tert-OH is 1. The van der Waals surface area contributed by atoms with Crippen molar-refractivity contribution in [3.8, 4) is 5.75 Å². The van der Waals surface area contributed by atoms with Gasteiger partial charge in [-0.1, -0.05) is 12.1 Å². The number of hydrogen-bond acceptors (Lipinski definition) is 9. The number of phenolic OH excluding ortho intramolecular Hbond substituents is 1. The van der Waals surface area contributed by atoms with E-state index in [1.54, 1.807) is 18.4 Å². The van der Waals surface area contributed by atoms with Crippen LogP contribution in [0.1, 0.15) is 18.4 Å². The van der Waals surface area contributed by atoms with Crippen molar-refractivity contribution in [1.29, 1.82) is 0 Å². The molecule has 4 unspecified atom stereocenters. The van der Waals surface area contributed by atoms with Crippen molar-refractivity contribution in [2.24, 2.45) is 11.5 Å². The van der Waals surface area contributed by atoms with Gasteiger partial charge in [0, 0.05) is 0 Å². The summed E-state index contributed by atoms with van der Waals surface area (Å²) in [4.78, 5) is 60.4. The number of nitrogens with two attached hydrogens (primary N) is 2. The molecule has 0 aliphatic heterocycles. The van der Waals surface area contributed by atoms with Gasteiger partial charge in [-0.15, -0.1) is 0 Å². The molecular weight excluding hydrogens is 482 g/mol. The molecule has 0 fully saturated rings. The molecule has 0 saturated carbocycles. The molecule has 10 N–H and O–H groups in total. The summed E-state index contributed by atoms with van der Waals surface area (Å²) in [7, 11) is 0. The molecule has 0 radical (unpaired) electrons. The van der Waals surface area contributed by atoms with Crippen LogP contribution in [0.3, 0.4) is 0 Å². The van der Waals surface area contributed by atoms with Crippen LogP contribution in [0.25, 0.3) is 0 Å². The quantitative estimate of drug-likeness (QED) is 0.122. The second kappa shape index (κ2) is 14.8. The van der Waals surface area contributed by atoms with Gasteiger partial charge in [-0.05, 0) is 42.5 Å². The molecule has 0 aliphatic carbocycles. The van der Waals surface area contributed by atoms with Gasteiger partial charge >= 0.3 is 5.97 Å². The Bertz CT molecular complexity index is 898. The molecular formula is C21H31N5O8S. The number of carboxylic acids is 1. The molecule has 0 bridgehead atoms. The van der Waals surface area contributed by atoms with Gasteiger partial charge in [0.1, 0.15) is 23.9 Å². The van der Waals surface area contributed by atoms with Gasteiger partial charge in [-0.25, -0.2) is 4.79 Å². The molecule has 0 heterocycles. The van der Waals surface area contributed by atoms with E-state index in [-0.39, 0.29) is 18.6 Å². The van der Waals surface area contributed by atoms with Gasteiger partial charge in [-0.3, -0.25) is 19.2 Å². The van der Waals surface area contributed by atoms with Gasteiger partial charge in [-0.2, -0.15) is 11.8 Å². The molecule has 1 rings (SSSR count). The van der Waals surface area contributed by atoms with E-state index in [1.165, 1.54) is 23.9 Å². The van der Waals surface area contributed by atoms with Crippen LogP contribution in [-0.4, -0.2) is 87.7 Å². The first-order valence-electron chi connectivity index (χ1n) is 10.5. The van der Waals surface area contributed by atoms with E-state index >= 15 is 0 Å². The number of aromatic hydroxyl groups is 1. The number of carbonyl (C=O) groups is 5. The molecule has 0 aliphatic rings. The number of aliphatic hydroxyl groups is 1. The maximum atomic E-state index is 12.7. The minimum absolute atomic E-state index is 0.0337. The summed E-state index contributed by atoms with van der Waals surface area (Å²) < 4.78 is 0. The fraction of sp³-hybridized carbons (Fsp3) is 0.476. The second-order valence-corrected chi connectivity index (χ2v) is 8.62. The van der Waals surface area contributed by atoms with Crippen molar-refractivity contribution in [1.82, 2.24) is 16.0 Å². The van der Waals surface area contributed by atoms with Crippen LogP contribution in [-0.2, 0) is 30.4 Å². The molecule has 13 nitrogen and oxygen atoms in total. The number of nitrogens with one attached hydrogen (secondary N) is 3. The standard InChI is InChI=1S/C21H31N5O8S/c1-35-7-6-14(21(33)34)24-20(32)16(10-27)26-19(31)15(9-17(23)29)25-18(30)13(22)8-11-2-4-12(28)5-3-11/h2-5,13-16,27-28H,6-10,22H2,1H3,(H2,23,29)(H,24,32)(H,25,30)(H,26,31)(H,33,34). The van der Waals surface area contributed by atoms with Crippen LogP contribution in [0.15, 0.2) is 24.3 Å². The van der Waals surface area contributed by atoms with Gasteiger partial charge < -0.3 is 42.7 Å². The van der Waals surface area contributed by atoms with Gasteiger partial charge in [0.25, 0.3) is 0 Å². The Morgan fingerprint density at radius 2 is 1.49 bits per heavy atom. The third-order valence-corrected chi connectivity index (χ3v) is 5.45. The van der Waals surface area contributed by atoms with Gasteiger partial charge in [0.15, 0.2) is 0 Å². The Balaban J connectivity index is 2.84. The number of carbonyl (C=O) groups excluding carboxylic acids is 4. The van der Waals surface area contributed by atoms with Crippen molar-refractivity contribution >= 4 is 41.4 Å². The van der Waals surface area contributed by atoms with E-state index in [1.807, 2.05) is 0 Å². The van der Waals surface area contributed by atoms with Gasteiger partial charge in [0.2, 0.25) is 23.6 Å². The molecule has 0 spiro atoms. The number of primary amides is 1. The molecule has 194 valence electrons. The zero-order valence-electron chi connectivity index (χ0n) is 19.1. The molecule has 1 aromatic carbocycles. The van der Waals surface area contributed by atoms with Crippen molar-refractivity contribution in [2.45, 2.75) is 43.4 Å². The fourth-order valence-corrected chi connectivity index (χ4v) is 3.37. The highest BCUT2D eigenvalue weighted by Crippen LogP contribution is 2.11.